The van der Waals surface area contributed by atoms with Gasteiger partial charge in [0.2, 0.25) is 11.8 Å². The van der Waals surface area contributed by atoms with E-state index in [0.29, 0.717) is 31.9 Å². The molecule has 0 aliphatic carbocycles. The van der Waals surface area contributed by atoms with Crippen LogP contribution in [0, 0.1) is 11.3 Å². The molecular weight excluding hydrogens is 414 g/mol. The molecule has 0 rings (SSSR count). The summed E-state index contributed by atoms with van der Waals surface area (Å²) in [6.45, 7) is 22.0. The molecule has 1 atom stereocenters. The molecule has 0 fully saturated rings. The second kappa shape index (κ2) is 12.5. The van der Waals surface area contributed by atoms with Gasteiger partial charge < -0.3 is 20.3 Å². The van der Waals surface area contributed by atoms with E-state index in [1.54, 1.807) is 4.90 Å². The van der Waals surface area contributed by atoms with Crippen molar-refractivity contribution in [3.8, 4) is 0 Å². The summed E-state index contributed by atoms with van der Waals surface area (Å²) < 4.78 is 6.20. The van der Waals surface area contributed by atoms with Crippen molar-refractivity contribution in [2.24, 2.45) is 17.1 Å². The van der Waals surface area contributed by atoms with Crippen molar-refractivity contribution in [2.75, 3.05) is 27.2 Å². The van der Waals surface area contributed by atoms with E-state index in [0.717, 1.165) is 25.7 Å². The van der Waals surface area contributed by atoms with E-state index in [-0.39, 0.29) is 33.9 Å². The molecule has 0 aromatic rings. The lowest BCUT2D eigenvalue weighted by Gasteiger charge is -2.40. The highest BCUT2D eigenvalue weighted by Gasteiger charge is 2.35. The zero-order valence-electron chi connectivity index (χ0n) is 23.9. The summed E-state index contributed by atoms with van der Waals surface area (Å²) in [6, 6.07) is 0. The van der Waals surface area contributed by atoms with Crippen molar-refractivity contribution >= 4 is 11.8 Å². The summed E-state index contributed by atoms with van der Waals surface area (Å²) in [7, 11) is 3.76. The quantitative estimate of drug-likeness (QED) is 0.356. The summed E-state index contributed by atoms with van der Waals surface area (Å²) in [4.78, 5) is 29.0. The van der Waals surface area contributed by atoms with Crippen molar-refractivity contribution in [3.05, 3.63) is 0 Å². The normalized spacial score (nSPS) is 14.8. The van der Waals surface area contributed by atoms with Gasteiger partial charge in [-0.25, -0.2) is 0 Å². The minimum absolute atomic E-state index is 0.114. The van der Waals surface area contributed by atoms with Gasteiger partial charge in [0.05, 0.1) is 5.60 Å². The lowest BCUT2D eigenvalue weighted by Crippen LogP contribution is -2.48. The summed E-state index contributed by atoms with van der Waals surface area (Å²) in [6.07, 6.45) is 4.30. The minimum Gasteiger partial charge on any atom is -0.375 e. The highest BCUT2D eigenvalue weighted by atomic mass is 16.5. The third kappa shape index (κ3) is 12.8. The largest absolute Gasteiger partial charge is 0.375 e. The van der Waals surface area contributed by atoms with Crippen LogP contribution in [0.2, 0.25) is 0 Å². The molecule has 0 spiro atoms. The van der Waals surface area contributed by atoms with Gasteiger partial charge in [-0.1, -0.05) is 34.1 Å². The SMILES string of the molecule is CCC(C)(CC(=O)N(C)C(C)(C)CCOC(C)(C)CCN(C)C(=O)CC(C)C)CC(C)(C)N. The molecule has 0 aliphatic rings. The van der Waals surface area contributed by atoms with Gasteiger partial charge >= 0.3 is 0 Å². The monoisotopic (exact) mass is 469 g/mol. The van der Waals surface area contributed by atoms with Crippen LogP contribution in [0.1, 0.15) is 108 Å². The van der Waals surface area contributed by atoms with Crippen LogP contribution in [-0.2, 0) is 14.3 Å². The molecule has 0 saturated carbocycles. The number of rotatable bonds is 15. The molecule has 0 aliphatic heterocycles. The Balaban J connectivity index is 4.78. The highest BCUT2D eigenvalue weighted by Crippen LogP contribution is 2.35. The van der Waals surface area contributed by atoms with Crippen LogP contribution >= 0.6 is 0 Å². The second-order valence-corrected chi connectivity index (χ2v) is 12.8. The van der Waals surface area contributed by atoms with E-state index < -0.39 is 0 Å². The van der Waals surface area contributed by atoms with Crippen LogP contribution in [0.3, 0.4) is 0 Å². The lowest BCUT2D eigenvalue weighted by molar-refractivity contribution is -0.138. The van der Waals surface area contributed by atoms with E-state index in [4.69, 9.17) is 10.5 Å². The predicted molar refractivity (Wildman–Crippen MR) is 139 cm³/mol. The molecule has 1 unspecified atom stereocenters. The Kier molecular flexibility index (Phi) is 12.1. The van der Waals surface area contributed by atoms with Gasteiger partial charge in [-0.15, -0.1) is 0 Å². The van der Waals surface area contributed by atoms with Gasteiger partial charge in [0.15, 0.2) is 0 Å². The fourth-order valence-corrected chi connectivity index (χ4v) is 4.12. The number of hydrogen-bond donors (Lipinski definition) is 1. The smallest absolute Gasteiger partial charge is 0.223 e. The molecule has 0 aromatic heterocycles. The summed E-state index contributed by atoms with van der Waals surface area (Å²) in [5, 5.41) is 0. The molecule has 0 heterocycles. The number of nitrogens with zero attached hydrogens (tertiary/aromatic N) is 2. The zero-order chi connectivity index (χ0) is 26.3. The first-order valence-electron chi connectivity index (χ1n) is 12.7. The van der Waals surface area contributed by atoms with E-state index in [2.05, 4.69) is 55.4 Å². The molecule has 2 N–H and O–H groups in total. The van der Waals surface area contributed by atoms with E-state index in [1.165, 1.54) is 0 Å². The number of hydrogen-bond acceptors (Lipinski definition) is 4. The molecule has 0 radical (unpaired) electrons. The topological polar surface area (TPSA) is 75.9 Å². The third-order valence-corrected chi connectivity index (χ3v) is 6.86. The summed E-state index contributed by atoms with van der Waals surface area (Å²) in [5.74, 6) is 0.695. The highest BCUT2D eigenvalue weighted by molar-refractivity contribution is 5.77. The van der Waals surface area contributed by atoms with Crippen molar-refractivity contribution in [1.29, 1.82) is 0 Å². The van der Waals surface area contributed by atoms with Crippen LogP contribution in [-0.4, -0.2) is 65.5 Å². The molecule has 0 saturated heterocycles. The maximum Gasteiger partial charge on any atom is 0.223 e. The Morgan fingerprint density at radius 2 is 1.48 bits per heavy atom. The maximum atomic E-state index is 13.1. The first-order chi connectivity index (χ1) is 14.7. The van der Waals surface area contributed by atoms with Crippen LogP contribution < -0.4 is 5.73 Å². The number of amides is 2. The standard InChI is InChI=1S/C27H55N3O3/c1-13-27(10,20-24(4,5)28)19-23(32)30(12)25(6,7)15-17-33-26(8,9)14-16-29(11)22(31)18-21(2)3/h21H,13-20,28H2,1-12H3. The van der Waals surface area contributed by atoms with Crippen LogP contribution in [0.4, 0.5) is 0 Å². The number of nitrogens with two attached hydrogens (primary N) is 1. The first-order valence-corrected chi connectivity index (χ1v) is 12.7. The van der Waals surface area contributed by atoms with Gasteiger partial charge in [0.1, 0.15) is 0 Å². The van der Waals surface area contributed by atoms with Gasteiger partial charge in [0, 0.05) is 51.2 Å². The first kappa shape index (κ1) is 31.9. The molecule has 196 valence electrons. The van der Waals surface area contributed by atoms with Gasteiger partial charge in [0.25, 0.3) is 0 Å². The van der Waals surface area contributed by atoms with Gasteiger partial charge in [-0.05, 0) is 72.1 Å². The number of ether oxygens (including phenoxy) is 1. The summed E-state index contributed by atoms with van der Waals surface area (Å²) >= 11 is 0. The third-order valence-electron chi connectivity index (χ3n) is 6.86. The molecular formula is C27H55N3O3. The van der Waals surface area contributed by atoms with Crippen molar-refractivity contribution in [3.63, 3.8) is 0 Å². The molecule has 6 heteroatoms. The fourth-order valence-electron chi connectivity index (χ4n) is 4.12. The van der Waals surface area contributed by atoms with Crippen molar-refractivity contribution in [1.82, 2.24) is 9.80 Å². The Labute approximate surface area is 205 Å². The van der Waals surface area contributed by atoms with E-state index in [9.17, 15) is 9.59 Å². The number of carbonyl (C=O) groups excluding carboxylic acids is 2. The summed E-state index contributed by atoms with van der Waals surface area (Å²) in [5.41, 5.74) is 5.20. The number of carbonyl (C=O) groups is 2. The second-order valence-electron chi connectivity index (χ2n) is 12.8. The Hall–Kier alpha value is -1.14. The average Bonchev–Trinajstić information content (AvgIpc) is 2.62. The zero-order valence-corrected chi connectivity index (χ0v) is 23.9. The van der Waals surface area contributed by atoms with Crippen LogP contribution in [0.15, 0.2) is 0 Å². The Bertz CT molecular complexity index is 623. The predicted octanol–water partition coefficient (Wildman–Crippen LogP) is 5.24. The van der Waals surface area contributed by atoms with Gasteiger partial charge in [-0.3, -0.25) is 9.59 Å². The van der Waals surface area contributed by atoms with Crippen molar-refractivity contribution < 1.29 is 14.3 Å². The van der Waals surface area contributed by atoms with Gasteiger partial charge in [-0.2, -0.15) is 0 Å². The lowest BCUT2D eigenvalue weighted by atomic mass is 9.74. The molecule has 0 aromatic carbocycles. The Morgan fingerprint density at radius 3 is 1.94 bits per heavy atom. The Morgan fingerprint density at radius 1 is 0.939 bits per heavy atom. The molecule has 6 nitrogen and oxygen atoms in total. The molecule has 33 heavy (non-hydrogen) atoms. The van der Waals surface area contributed by atoms with E-state index >= 15 is 0 Å². The average molecular weight is 470 g/mol. The maximum absolute atomic E-state index is 13.1. The minimum atomic E-state index is -0.335. The van der Waals surface area contributed by atoms with Crippen LogP contribution in [0.25, 0.3) is 0 Å². The fraction of sp³-hybridized carbons (Fsp3) is 0.926. The van der Waals surface area contributed by atoms with E-state index in [1.807, 2.05) is 32.8 Å². The molecule has 0 bridgehead atoms. The molecule has 2 amide bonds. The van der Waals surface area contributed by atoms with Crippen molar-refractivity contribution in [2.45, 2.75) is 124 Å². The van der Waals surface area contributed by atoms with Crippen LogP contribution in [0.5, 0.6) is 0 Å².